The van der Waals surface area contributed by atoms with Crippen molar-refractivity contribution in [2.45, 2.75) is 54.1 Å². The van der Waals surface area contributed by atoms with Crippen molar-refractivity contribution >= 4 is 11.9 Å². The average Bonchev–Trinajstić information content (AvgIpc) is 2.40. The number of carbonyl (C=O) groups is 2. The highest BCUT2D eigenvalue weighted by atomic mass is 16.7. The summed E-state index contributed by atoms with van der Waals surface area (Å²) in [6.07, 6.45) is 0.687. The summed E-state index contributed by atoms with van der Waals surface area (Å²) >= 11 is 0. The molecule has 0 rings (SSSR count). The molecular weight excluding hydrogens is 288 g/mol. The summed E-state index contributed by atoms with van der Waals surface area (Å²) in [6.45, 7) is 12.2. The normalized spacial score (nSPS) is 14.4. The van der Waals surface area contributed by atoms with Gasteiger partial charge in [-0.1, -0.05) is 27.7 Å². The lowest BCUT2D eigenvalue weighted by atomic mass is 10.2. The molecule has 0 N–H and O–H groups in total. The molecule has 0 saturated heterocycles. The maximum atomic E-state index is 11.5. The van der Waals surface area contributed by atoms with Gasteiger partial charge in [-0.15, -0.1) is 0 Å². The lowest BCUT2D eigenvalue weighted by molar-refractivity contribution is -0.173. The molecule has 22 heavy (non-hydrogen) atoms. The van der Waals surface area contributed by atoms with Gasteiger partial charge in [-0.2, -0.15) is 0 Å². The van der Waals surface area contributed by atoms with Crippen molar-refractivity contribution in [3.63, 3.8) is 0 Å². The summed E-state index contributed by atoms with van der Waals surface area (Å²) in [5, 5.41) is 0. The molecule has 2 atom stereocenters. The van der Waals surface area contributed by atoms with Crippen LogP contribution < -0.4 is 0 Å². The van der Waals surface area contributed by atoms with E-state index in [0.717, 1.165) is 12.2 Å². The summed E-state index contributed by atoms with van der Waals surface area (Å²) < 4.78 is 20.5. The van der Waals surface area contributed by atoms with Gasteiger partial charge >= 0.3 is 11.9 Å². The Balaban J connectivity index is 4.02. The number of hydrogen-bond donors (Lipinski definition) is 0. The topological polar surface area (TPSA) is 71.1 Å². The Kier molecular flexibility index (Phi) is 10.5. The Morgan fingerprint density at radius 2 is 1.05 bits per heavy atom. The van der Waals surface area contributed by atoms with E-state index in [0.29, 0.717) is 25.0 Å². The minimum Gasteiger partial charge on any atom is -0.433 e. The van der Waals surface area contributed by atoms with Crippen LogP contribution in [0, 0.1) is 11.8 Å². The third kappa shape index (κ3) is 12.3. The van der Waals surface area contributed by atoms with Crippen molar-refractivity contribution in [3.8, 4) is 0 Å². The summed E-state index contributed by atoms with van der Waals surface area (Å²) in [4.78, 5) is 23.0. The van der Waals surface area contributed by atoms with Crippen LogP contribution in [0.3, 0.4) is 0 Å². The second-order valence-corrected chi connectivity index (χ2v) is 5.80. The van der Waals surface area contributed by atoms with Crippen molar-refractivity contribution < 1.29 is 28.5 Å². The first-order chi connectivity index (χ1) is 10.2. The molecule has 0 bridgehead atoms. The van der Waals surface area contributed by atoms with E-state index in [1.54, 1.807) is 13.8 Å². The molecule has 2 unspecified atom stereocenters. The standard InChI is InChI=1S/C16H28O6/c1-11(2)9-19-13(5)21-15(17)7-8-16(18)22-14(6)20-10-12(3)4/h7-8,11-14H,9-10H2,1-6H3/b8-7+. The smallest absolute Gasteiger partial charge is 0.333 e. The van der Waals surface area contributed by atoms with Crippen LogP contribution in [0.5, 0.6) is 0 Å². The van der Waals surface area contributed by atoms with Gasteiger partial charge in [0.15, 0.2) is 12.6 Å². The predicted molar refractivity (Wildman–Crippen MR) is 81.8 cm³/mol. The van der Waals surface area contributed by atoms with E-state index < -0.39 is 24.5 Å². The molecule has 0 fully saturated rings. The highest BCUT2D eigenvalue weighted by molar-refractivity contribution is 5.91. The Morgan fingerprint density at radius 1 is 0.727 bits per heavy atom. The number of rotatable bonds is 10. The molecule has 128 valence electrons. The Morgan fingerprint density at radius 3 is 1.32 bits per heavy atom. The molecule has 0 aromatic heterocycles. The number of esters is 2. The summed E-state index contributed by atoms with van der Waals surface area (Å²) in [5.41, 5.74) is 0. The molecule has 0 aromatic carbocycles. The molecule has 0 aromatic rings. The zero-order valence-corrected chi connectivity index (χ0v) is 14.3. The molecule has 0 aliphatic rings. The fourth-order valence-electron chi connectivity index (χ4n) is 1.27. The van der Waals surface area contributed by atoms with Crippen molar-refractivity contribution in [2.24, 2.45) is 11.8 Å². The second-order valence-electron chi connectivity index (χ2n) is 5.80. The van der Waals surface area contributed by atoms with Crippen LogP contribution in [0.1, 0.15) is 41.5 Å². The predicted octanol–water partition coefficient (Wildman–Crippen LogP) is 2.67. The van der Waals surface area contributed by atoms with Crippen molar-refractivity contribution in [1.29, 1.82) is 0 Å². The molecule has 0 radical (unpaired) electrons. The highest BCUT2D eigenvalue weighted by Gasteiger charge is 2.10. The molecule has 6 nitrogen and oxygen atoms in total. The Bertz CT molecular complexity index is 328. The van der Waals surface area contributed by atoms with Gasteiger partial charge in [0.2, 0.25) is 0 Å². The van der Waals surface area contributed by atoms with Gasteiger partial charge in [0, 0.05) is 12.2 Å². The first kappa shape index (κ1) is 20.6. The van der Waals surface area contributed by atoms with E-state index in [4.69, 9.17) is 18.9 Å². The van der Waals surface area contributed by atoms with Crippen LogP contribution in [-0.4, -0.2) is 37.7 Å². The van der Waals surface area contributed by atoms with Crippen LogP contribution >= 0.6 is 0 Å². The maximum absolute atomic E-state index is 11.5. The van der Waals surface area contributed by atoms with Gasteiger partial charge in [-0.25, -0.2) is 9.59 Å². The van der Waals surface area contributed by atoms with E-state index in [1.807, 2.05) is 27.7 Å². The van der Waals surface area contributed by atoms with E-state index in [2.05, 4.69) is 0 Å². The largest absolute Gasteiger partial charge is 0.433 e. The molecule has 0 amide bonds. The fraction of sp³-hybridized carbons (Fsp3) is 0.750. The van der Waals surface area contributed by atoms with Crippen LogP contribution in [0.15, 0.2) is 12.2 Å². The first-order valence-electron chi connectivity index (χ1n) is 7.53. The minimum absolute atomic E-state index is 0.346. The van der Waals surface area contributed by atoms with Crippen LogP contribution in [0.2, 0.25) is 0 Å². The third-order valence-electron chi connectivity index (χ3n) is 2.25. The van der Waals surface area contributed by atoms with Crippen LogP contribution in [0.4, 0.5) is 0 Å². The van der Waals surface area contributed by atoms with Crippen molar-refractivity contribution in [1.82, 2.24) is 0 Å². The van der Waals surface area contributed by atoms with Gasteiger partial charge in [0.1, 0.15) is 0 Å². The van der Waals surface area contributed by atoms with Gasteiger partial charge in [0.05, 0.1) is 13.2 Å². The molecule has 0 heterocycles. The molecule has 0 aliphatic carbocycles. The average molecular weight is 316 g/mol. The second kappa shape index (κ2) is 11.2. The Labute approximate surface area is 132 Å². The third-order valence-corrected chi connectivity index (χ3v) is 2.25. The summed E-state index contributed by atoms with van der Waals surface area (Å²) in [7, 11) is 0. The summed E-state index contributed by atoms with van der Waals surface area (Å²) in [6, 6.07) is 0. The lowest BCUT2D eigenvalue weighted by Gasteiger charge is -2.15. The van der Waals surface area contributed by atoms with Gasteiger partial charge in [0.25, 0.3) is 0 Å². The van der Waals surface area contributed by atoms with Crippen LogP contribution in [0.25, 0.3) is 0 Å². The summed E-state index contributed by atoms with van der Waals surface area (Å²) in [5.74, 6) is -0.633. The van der Waals surface area contributed by atoms with E-state index in [9.17, 15) is 9.59 Å². The molecule has 0 saturated carbocycles. The van der Waals surface area contributed by atoms with Crippen LogP contribution in [-0.2, 0) is 28.5 Å². The zero-order valence-electron chi connectivity index (χ0n) is 14.3. The number of carbonyl (C=O) groups excluding carboxylic acids is 2. The van der Waals surface area contributed by atoms with Gasteiger partial charge < -0.3 is 18.9 Å². The zero-order chi connectivity index (χ0) is 17.1. The van der Waals surface area contributed by atoms with Crippen molar-refractivity contribution in [2.75, 3.05) is 13.2 Å². The van der Waals surface area contributed by atoms with E-state index in [-0.39, 0.29) is 0 Å². The molecular formula is C16H28O6. The van der Waals surface area contributed by atoms with Crippen molar-refractivity contribution in [3.05, 3.63) is 12.2 Å². The number of ether oxygens (including phenoxy) is 4. The first-order valence-corrected chi connectivity index (χ1v) is 7.53. The minimum atomic E-state index is -0.663. The number of hydrogen-bond acceptors (Lipinski definition) is 6. The Hall–Kier alpha value is -1.40. The molecule has 0 spiro atoms. The molecule has 0 aliphatic heterocycles. The van der Waals surface area contributed by atoms with E-state index in [1.165, 1.54) is 0 Å². The van der Waals surface area contributed by atoms with E-state index >= 15 is 0 Å². The fourth-order valence-corrected chi connectivity index (χ4v) is 1.27. The quantitative estimate of drug-likeness (QED) is 0.350. The van der Waals surface area contributed by atoms with Gasteiger partial charge in [-0.05, 0) is 25.7 Å². The lowest BCUT2D eigenvalue weighted by Crippen LogP contribution is -2.20. The van der Waals surface area contributed by atoms with Gasteiger partial charge in [-0.3, -0.25) is 0 Å². The highest BCUT2D eigenvalue weighted by Crippen LogP contribution is 2.02. The monoisotopic (exact) mass is 316 g/mol. The maximum Gasteiger partial charge on any atom is 0.333 e. The molecule has 6 heteroatoms. The SMILES string of the molecule is CC(C)COC(C)OC(=O)/C=C/C(=O)OC(C)OCC(C)C.